The first-order valence-electron chi connectivity index (χ1n) is 4.68. The van der Waals surface area contributed by atoms with Crippen LogP contribution < -0.4 is 5.73 Å². The summed E-state index contributed by atoms with van der Waals surface area (Å²) in [4.78, 5) is 25.7. The Kier molecular flexibility index (Phi) is 3.59. The van der Waals surface area contributed by atoms with Gasteiger partial charge in [-0.25, -0.2) is 4.79 Å². The summed E-state index contributed by atoms with van der Waals surface area (Å²) in [5.41, 5.74) is 2.79. The quantitative estimate of drug-likeness (QED) is 0.820. The van der Waals surface area contributed by atoms with E-state index in [9.17, 15) is 22.8 Å². The Morgan fingerprint density at radius 1 is 1.28 bits per heavy atom. The predicted octanol–water partition coefficient (Wildman–Crippen LogP) is 0.888. The van der Waals surface area contributed by atoms with Gasteiger partial charge in [0, 0.05) is 18.0 Å². The van der Waals surface area contributed by atoms with E-state index in [0.717, 1.165) is 6.92 Å². The minimum Gasteiger partial charge on any atom is -0.438 e. The number of halogens is 3. The standard InChI is InChI=1S/C10H9F3N2O3/c1-9(7(14)16,6-2-4-15-5-3-6)18-8(17)10(11,12)13/h2-5H,1H3,(H2,14,16). The molecule has 0 spiro atoms. The molecule has 18 heavy (non-hydrogen) atoms. The average Bonchev–Trinajstić information content (AvgIpc) is 2.28. The summed E-state index contributed by atoms with van der Waals surface area (Å²) >= 11 is 0. The molecular formula is C10H9F3N2O3. The average molecular weight is 262 g/mol. The number of rotatable bonds is 3. The minimum atomic E-state index is -5.20. The molecule has 2 N–H and O–H groups in total. The van der Waals surface area contributed by atoms with E-state index in [4.69, 9.17) is 5.73 Å². The van der Waals surface area contributed by atoms with Crippen LogP contribution in [-0.2, 0) is 19.9 Å². The van der Waals surface area contributed by atoms with Gasteiger partial charge in [-0.15, -0.1) is 0 Å². The molecule has 0 fully saturated rings. The predicted molar refractivity (Wildman–Crippen MR) is 52.9 cm³/mol. The van der Waals surface area contributed by atoms with Gasteiger partial charge < -0.3 is 10.5 Å². The summed E-state index contributed by atoms with van der Waals surface area (Å²) in [5.74, 6) is -3.70. The maximum Gasteiger partial charge on any atom is 0.490 e. The number of nitrogens with zero attached hydrogens (tertiary/aromatic N) is 1. The molecule has 0 aliphatic carbocycles. The van der Waals surface area contributed by atoms with Crippen LogP contribution in [0.15, 0.2) is 24.5 Å². The van der Waals surface area contributed by atoms with Crippen molar-refractivity contribution in [2.24, 2.45) is 5.73 Å². The number of amides is 1. The van der Waals surface area contributed by atoms with Crippen molar-refractivity contribution in [2.75, 3.05) is 0 Å². The Morgan fingerprint density at radius 3 is 2.17 bits per heavy atom. The maximum atomic E-state index is 12.1. The van der Waals surface area contributed by atoms with Gasteiger partial charge in [-0.05, 0) is 19.1 Å². The fraction of sp³-hybridized carbons (Fsp3) is 0.300. The number of esters is 1. The fourth-order valence-electron chi connectivity index (χ4n) is 1.16. The second-order valence-electron chi connectivity index (χ2n) is 3.52. The Labute approximate surface area is 99.7 Å². The second-order valence-corrected chi connectivity index (χ2v) is 3.52. The summed E-state index contributed by atoms with van der Waals surface area (Å²) in [7, 11) is 0. The van der Waals surface area contributed by atoms with E-state index in [2.05, 4.69) is 9.72 Å². The highest BCUT2D eigenvalue weighted by Gasteiger charge is 2.48. The van der Waals surface area contributed by atoms with Crippen LogP contribution in [-0.4, -0.2) is 23.0 Å². The number of carbonyl (C=O) groups is 2. The van der Waals surface area contributed by atoms with E-state index in [1.54, 1.807) is 0 Å². The highest BCUT2D eigenvalue weighted by Crippen LogP contribution is 2.28. The van der Waals surface area contributed by atoms with E-state index in [1.807, 2.05) is 0 Å². The minimum absolute atomic E-state index is 0.00241. The first-order chi connectivity index (χ1) is 8.18. The molecule has 0 radical (unpaired) electrons. The molecule has 8 heteroatoms. The van der Waals surface area contributed by atoms with Crippen molar-refractivity contribution in [3.63, 3.8) is 0 Å². The molecule has 0 saturated carbocycles. The number of aromatic nitrogens is 1. The monoisotopic (exact) mass is 262 g/mol. The summed E-state index contributed by atoms with van der Waals surface area (Å²) in [5, 5.41) is 0. The first-order valence-corrected chi connectivity index (χ1v) is 4.68. The van der Waals surface area contributed by atoms with Crippen molar-refractivity contribution in [3.05, 3.63) is 30.1 Å². The van der Waals surface area contributed by atoms with Gasteiger partial charge in [0.15, 0.2) is 0 Å². The lowest BCUT2D eigenvalue weighted by atomic mass is 9.96. The van der Waals surface area contributed by atoms with Crippen LogP contribution in [0.3, 0.4) is 0 Å². The van der Waals surface area contributed by atoms with Crippen LogP contribution in [0.2, 0.25) is 0 Å². The number of primary amides is 1. The van der Waals surface area contributed by atoms with Gasteiger partial charge in [-0.1, -0.05) is 0 Å². The molecule has 98 valence electrons. The Morgan fingerprint density at radius 2 is 1.78 bits per heavy atom. The van der Waals surface area contributed by atoms with Crippen LogP contribution in [0.5, 0.6) is 0 Å². The molecule has 1 heterocycles. The molecule has 1 aromatic heterocycles. The zero-order valence-corrected chi connectivity index (χ0v) is 9.19. The lowest BCUT2D eigenvalue weighted by Crippen LogP contribution is -2.45. The van der Waals surface area contributed by atoms with Crippen molar-refractivity contribution in [2.45, 2.75) is 18.7 Å². The van der Waals surface area contributed by atoms with E-state index in [0.29, 0.717) is 0 Å². The molecular weight excluding hydrogens is 253 g/mol. The Bertz CT molecular complexity index is 461. The Balaban J connectivity index is 3.11. The van der Waals surface area contributed by atoms with E-state index < -0.39 is 23.7 Å². The summed E-state index contributed by atoms with van der Waals surface area (Å²) < 4.78 is 40.5. The van der Waals surface area contributed by atoms with E-state index in [-0.39, 0.29) is 5.56 Å². The highest BCUT2D eigenvalue weighted by atomic mass is 19.4. The van der Waals surface area contributed by atoms with Crippen LogP contribution in [0.1, 0.15) is 12.5 Å². The topological polar surface area (TPSA) is 82.3 Å². The zero-order chi connectivity index (χ0) is 14.0. The molecule has 1 atom stereocenters. The smallest absolute Gasteiger partial charge is 0.438 e. The molecule has 0 aromatic carbocycles. The largest absolute Gasteiger partial charge is 0.490 e. The highest BCUT2D eigenvalue weighted by molar-refractivity contribution is 5.88. The molecule has 0 aliphatic rings. The van der Waals surface area contributed by atoms with Crippen molar-refractivity contribution in [1.29, 1.82) is 0 Å². The Hall–Kier alpha value is -2.12. The van der Waals surface area contributed by atoms with Gasteiger partial charge in [-0.3, -0.25) is 9.78 Å². The third-order valence-corrected chi connectivity index (χ3v) is 2.23. The first kappa shape index (κ1) is 13.9. The number of hydrogen-bond acceptors (Lipinski definition) is 4. The SMILES string of the molecule is CC(OC(=O)C(F)(F)F)(C(N)=O)c1ccncc1. The van der Waals surface area contributed by atoms with Gasteiger partial charge in [0.05, 0.1) is 0 Å². The van der Waals surface area contributed by atoms with Crippen LogP contribution in [0, 0.1) is 0 Å². The lowest BCUT2D eigenvalue weighted by Gasteiger charge is -2.26. The van der Waals surface area contributed by atoms with Gasteiger partial charge in [0.2, 0.25) is 5.60 Å². The third kappa shape index (κ3) is 2.76. The number of carbonyl (C=O) groups excluding carboxylic acids is 2. The molecule has 5 nitrogen and oxygen atoms in total. The van der Waals surface area contributed by atoms with Crippen LogP contribution >= 0.6 is 0 Å². The molecule has 1 aromatic rings. The molecule has 0 saturated heterocycles. The van der Waals surface area contributed by atoms with Crippen molar-refractivity contribution < 1.29 is 27.5 Å². The lowest BCUT2D eigenvalue weighted by molar-refractivity contribution is -0.213. The summed E-state index contributed by atoms with van der Waals surface area (Å²) in [6, 6.07) is 2.46. The molecule has 1 amide bonds. The fourth-order valence-corrected chi connectivity index (χ4v) is 1.16. The summed E-state index contributed by atoms with van der Waals surface area (Å²) in [6.07, 6.45) is -2.74. The number of nitrogens with two attached hydrogens (primary N) is 1. The number of pyridine rings is 1. The molecule has 0 aliphatic heterocycles. The third-order valence-electron chi connectivity index (χ3n) is 2.23. The maximum absolute atomic E-state index is 12.1. The molecule has 1 unspecified atom stereocenters. The van der Waals surface area contributed by atoms with Gasteiger partial charge in [-0.2, -0.15) is 13.2 Å². The van der Waals surface area contributed by atoms with Crippen LogP contribution in [0.4, 0.5) is 13.2 Å². The number of alkyl halides is 3. The number of hydrogen-bond donors (Lipinski definition) is 1. The van der Waals surface area contributed by atoms with Gasteiger partial charge in [0.25, 0.3) is 5.91 Å². The number of ether oxygens (including phenoxy) is 1. The molecule has 1 rings (SSSR count). The van der Waals surface area contributed by atoms with E-state index >= 15 is 0 Å². The zero-order valence-electron chi connectivity index (χ0n) is 9.19. The van der Waals surface area contributed by atoms with Gasteiger partial charge in [0.1, 0.15) is 0 Å². The summed E-state index contributed by atoms with van der Waals surface area (Å²) in [6.45, 7) is 0.980. The van der Waals surface area contributed by atoms with Crippen molar-refractivity contribution in [3.8, 4) is 0 Å². The van der Waals surface area contributed by atoms with E-state index in [1.165, 1.54) is 24.5 Å². The second kappa shape index (κ2) is 4.63. The van der Waals surface area contributed by atoms with Crippen molar-refractivity contribution >= 4 is 11.9 Å². The normalized spacial score (nSPS) is 14.7. The molecule has 0 bridgehead atoms. The van der Waals surface area contributed by atoms with Crippen molar-refractivity contribution in [1.82, 2.24) is 4.98 Å². The van der Waals surface area contributed by atoms with Gasteiger partial charge >= 0.3 is 12.1 Å². The van der Waals surface area contributed by atoms with Crippen LogP contribution in [0.25, 0.3) is 0 Å².